The molecule has 0 unspecified atom stereocenters. The Balaban J connectivity index is 1.60. The predicted molar refractivity (Wildman–Crippen MR) is 95.3 cm³/mol. The molecule has 3 rings (SSSR count). The Bertz CT molecular complexity index is 717. The van der Waals surface area contributed by atoms with Crippen molar-refractivity contribution >= 4 is 15.9 Å². The number of nitrogens with zero attached hydrogens (tertiary/aromatic N) is 2. The molecule has 26 heavy (non-hydrogen) atoms. The molecule has 2 saturated heterocycles. The fourth-order valence-corrected chi connectivity index (χ4v) is 5.04. The second kappa shape index (κ2) is 8.45. The van der Waals surface area contributed by atoms with Crippen molar-refractivity contribution in [1.82, 2.24) is 9.21 Å². The van der Waals surface area contributed by atoms with E-state index in [0.717, 1.165) is 12.8 Å². The quantitative estimate of drug-likeness (QED) is 0.791. The molecule has 2 aliphatic heterocycles. The van der Waals surface area contributed by atoms with Crippen molar-refractivity contribution in [2.45, 2.75) is 25.0 Å². The van der Waals surface area contributed by atoms with Crippen LogP contribution in [-0.2, 0) is 25.3 Å². The van der Waals surface area contributed by atoms with E-state index in [0.29, 0.717) is 51.4 Å². The Morgan fingerprint density at radius 2 is 1.77 bits per heavy atom. The fraction of sp³-hybridized carbons (Fsp3) is 0.611. The van der Waals surface area contributed by atoms with Gasteiger partial charge in [0.2, 0.25) is 15.9 Å². The van der Waals surface area contributed by atoms with Gasteiger partial charge in [-0.2, -0.15) is 4.31 Å². The molecular formula is C18H25FN2O4S. The van der Waals surface area contributed by atoms with Gasteiger partial charge in [-0.15, -0.1) is 0 Å². The smallest absolute Gasteiger partial charge is 0.225 e. The number of carbonyl (C=O) groups excluding carboxylic acids is 1. The highest BCUT2D eigenvalue weighted by atomic mass is 32.2. The molecule has 0 aliphatic carbocycles. The Kier molecular flexibility index (Phi) is 6.26. The van der Waals surface area contributed by atoms with Crippen LogP contribution in [0.4, 0.5) is 4.39 Å². The molecule has 0 atom stereocenters. The highest BCUT2D eigenvalue weighted by Gasteiger charge is 2.30. The van der Waals surface area contributed by atoms with Crippen LogP contribution in [0, 0.1) is 11.7 Å². The van der Waals surface area contributed by atoms with Crippen LogP contribution in [0.2, 0.25) is 0 Å². The molecule has 8 heteroatoms. The molecule has 6 nitrogen and oxygen atoms in total. The normalized spacial score (nSPS) is 20.7. The van der Waals surface area contributed by atoms with E-state index in [4.69, 9.17) is 4.74 Å². The van der Waals surface area contributed by atoms with Gasteiger partial charge in [-0.05, 0) is 37.0 Å². The largest absolute Gasteiger partial charge is 0.381 e. The van der Waals surface area contributed by atoms with Crippen LogP contribution in [0.3, 0.4) is 0 Å². The van der Waals surface area contributed by atoms with Crippen molar-refractivity contribution in [3.8, 4) is 0 Å². The molecule has 0 radical (unpaired) electrons. The summed E-state index contributed by atoms with van der Waals surface area (Å²) in [6.07, 6.45) is 2.10. The third-order valence-electron chi connectivity index (χ3n) is 4.99. The molecule has 1 amide bonds. The van der Waals surface area contributed by atoms with Gasteiger partial charge < -0.3 is 9.64 Å². The highest BCUT2D eigenvalue weighted by molar-refractivity contribution is 7.88. The number of benzene rings is 1. The van der Waals surface area contributed by atoms with Gasteiger partial charge in [0.15, 0.2) is 0 Å². The second-order valence-electron chi connectivity index (χ2n) is 6.85. The van der Waals surface area contributed by atoms with Crippen LogP contribution in [0.15, 0.2) is 24.3 Å². The standard InChI is InChI=1S/C18H25FN2O4S/c19-17-4-2-15(3-5-17)14-26(23,24)21-9-1-8-20(10-11-21)18(22)16-6-12-25-13-7-16/h2-5,16H,1,6-14H2. The van der Waals surface area contributed by atoms with E-state index in [1.807, 2.05) is 0 Å². The Hall–Kier alpha value is -1.51. The molecule has 2 aliphatic rings. The molecule has 0 aromatic heterocycles. The lowest BCUT2D eigenvalue weighted by Gasteiger charge is -2.28. The maximum atomic E-state index is 13.0. The molecule has 0 spiro atoms. The molecule has 1 aromatic carbocycles. The van der Waals surface area contributed by atoms with Crippen LogP contribution in [0.1, 0.15) is 24.8 Å². The number of hydrogen-bond acceptors (Lipinski definition) is 4. The van der Waals surface area contributed by atoms with Crippen LogP contribution >= 0.6 is 0 Å². The van der Waals surface area contributed by atoms with Gasteiger partial charge in [0.1, 0.15) is 5.82 Å². The molecule has 0 bridgehead atoms. The van der Waals surface area contributed by atoms with Gasteiger partial charge in [-0.3, -0.25) is 4.79 Å². The van der Waals surface area contributed by atoms with Crippen molar-refractivity contribution in [1.29, 1.82) is 0 Å². The summed E-state index contributed by atoms with van der Waals surface area (Å²) < 4.78 is 45.1. The molecule has 0 N–H and O–H groups in total. The van der Waals surface area contributed by atoms with E-state index in [1.165, 1.54) is 28.6 Å². The number of rotatable bonds is 4. The van der Waals surface area contributed by atoms with Gasteiger partial charge in [0, 0.05) is 45.3 Å². The van der Waals surface area contributed by atoms with Crippen LogP contribution in [0.25, 0.3) is 0 Å². The Labute approximate surface area is 154 Å². The summed E-state index contributed by atoms with van der Waals surface area (Å²) in [6, 6.07) is 5.51. The first-order valence-electron chi connectivity index (χ1n) is 9.04. The van der Waals surface area contributed by atoms with E-state index in [1.54, 1.807) is 4.90 Å². The van der Waals surface area contributed by atoms with Crippen LogP contribution in [-0.4, -0.2) is 62.9 Å². The van der Waals surface area contributed by atoms with Crippen LogP contribution in [0.5, 0.6) is 0 Å². The number of amides is 1. The van der Waals surface area contributed by atoms with Crippen molar-refractivity contribution in [3.63, 3.8) is 0 Å². The summed E-state index contributed by atoms with van der Waals surface area (Å²) in [5.41, 5.74) is 0.561. The topological polar surface area (TPSA) is 66.9 Å². The summed E-state index contributed by atoms with van der Waals surface area (Å²) in [6.45, 7) is 2.93. The van der Waals surface area contributed by atoms with E-state index < -0.39 is 10.0 Å². The second-order valence-corrected chi connectivity index (χ2v) is 8.82. The average Bonchev–Trinajstić information content (AvgIpc) is 2.90. The Morgan fingerprint density at radius 1 is 1.08 bits per heavy atom. The molecule has 0 saturated carbocycles. The number of sulfonamides is 1. The fourth-order valence-electron chi connectivity index (χ4n) is 3.48. The monoisotopic (exact) mass is 384 g/mol. The summed E-state index contributed by atoms with van der Waals surface area (Å²) in [4.78, 5) is 14.4. The van der Waals surface area contributed by atoms with E-state index in [9.17, 15) is 17.6 Å². The maximum absolute atomic E-state index is 13.0. The predicted octanol–water partition coefficient (Wildman–Crippen LogP) is 1.62. The molecular weight excluding hydrogens is 359 g/mol. The van der Waals surface area contributed by atoms with E-state index >= 15 is 0 Å². The maximum Gasteiger partial charge on any atom is 0.225 e. The third kappa shape index (κ3) is 4.81. The number of halogens is 1. The summed E-state index contributed by atoms with van der Waals surface area (Å²) in [5, 5.41) is 0. The zero-order valence-electron chi connectivity index (χ0n) is 14.8. The minimum absolute atomic E-state index is 0.00822. The van der Waals surface area contributed by atoms with Crippen molar-refractivity contribution in [2.75, 3.05) is 39.4 Å². The summed E-state index contributed by atoms with van der Waals surface area (Å²) in [5.74, 6) is -0.429. The van der Waals surface area contributed by atoms with Gasteiger partial charge in [-0.1, -0.05) is 12.1 Å². The minimum atomic E-state index is -3.49. The van der Waals surface area contributed by atoms with Crippen molar-refractivity contribution in [2.24, 2.45) is 5.92 Å². The van der Waals surface area contributed by atoms with Crippen molar-refractivity contribution < 1.29 is 22.3 Å². The van der Waals surface area contributed by atoms with Gasteiger partial charge >= 0.3 is 0 Å². The van der Waals surface area contributed by atoms with Crippen LogP contribution < -0.4 is 0 Å². The zero-order valence-corrected chi connectivity index (χ0v) is 15.6. The molecule has 1 aromatic rings. The lowest BCUT2D eigenvalue weighted by molar-refractivity contribution is -0.138. The number of carbonyl (C=O) groups is 1. The van der Waals surface area contributed by atoms with E-state index in [-0.39, 0.29) is 23.4 Å². The first-order valence-corrected chi connectivity index (χ1v) is 10.7. The van der Waals surface area contributed by atoms with Gasteiger partial charge in [0.05, 0.1) is 5.75 Å². The summed E-state index contributed by atoms with van der Waals surface area (Å²) in [7, 11) is -3.49. The number of hydrogen-bond donors (Lipinski definition) is 0. The average molecular weight is 384 g/mol. The molecule has 2 heterocycles. The first-order chi connectivity index (χ1) is 12.5. The lowest BCUT2D eigenvalue weighted by Crippen LogP contribution is -2.41. The minimum Gasteiger partial charge on any atom is -0.381 e. The molecule has 144 valence electrons. The van der Waals surface area contributed by atoms with E-state index in [2.05, 4.69) is 0 Å². The number of ether oxygens (including phenoxy) is 1. The SMILES string of the molecule is O=C(C1CCOCC1)N1CCCN(S(=O)(=O)Cc2ccc(F)cc2)CC1. The van der Waals surface area contributed by atoms with Crippen molar-refractivity contribution in [3.05, 3.63) is 35.6 Å². The lowest BCUT2D eigenvalue weighted by atomic mass is 9.98. The highest BCUT2D eigenvalue weighted by Crippen LogP contribution is 2.20. The summed E-state index contributed by atoms with van der Waals surface area (Å²) >= 11 is 0. The zero-order chi connectivity index (χ0) is 18.6. The van der Waals surface area contributed by atoms with Gasteiger partial charge in [0.25, 0.3) is 0 Å². The first kappa shape index (κ1) is 19.3. The molecule has 2 fully saturated rings. The van der Waals surface area contributed by atoms with Gasteiger partial charge in [-0.25, -0.2) is 12.8 Å². The Morgan fingerprint density at radius 3 is 2.46 bits per heavy atom. The third-order valence-corrected chi connectivity index (χ3v) is 6.84.